The highest BCUT2D eigenvalue weighted by Gasteiger charge is 2.57. The Morgan fingerprint density at radius 2 is 1.61 bits per heavy atom. The summed E-state index contributed by atoms with van der Waals surface area (Å²) in [6.45, 7) is 3.70. The molecule has 2 saturated heterocycles. The summed E-state index contributed by atoms with van der Waals surface area (Å²) in [5.41, 5.74) is 0.300. The van der Waals surface area contributed by atoms with E-state index in [0.29, 0.717) is 0 Å². The second-order valence-electron chi connectivity index (χ2n) is 8.31. The van der Waals surface area contributed by atoms with Crippen molar-refractivity contribution in [1.82, 2.24) is 4.90 Å². The molecule has 36 heavy (non-hydrogen) atoms. The van der Waals surface area contributed by atoms with Gasteiger partial charge in [-0.3, -0.25) is 14.5 Å². The first kappa shape index (κ1) is 25.9. The normalized spacial score (nSPS) is 29.8. The van der Waals surface area contributed by atoms with E-state index in [2.05, 4.69) is 6.58 Å². The molecule has 3 aliphatic heterocycles. The lowest BCUT2D eigenvalue weighted by Gasteiger charge is -2.49. The Morgan fingerprint density at radius 1 is 1.00 bits per heavy atom. The molecular weight excluding hydrogens is 556 g/mol. The first-order valence-electron chi connectivity index (χ1n) is 10.9. The number of nitrogens with zero attached hydrogens (tertiary/aromatic N) is 1. The van der Waals surface area contributed by atoms with E-state index in [9.17, 15) is 14.7 Å². The fraction of sp³-hybridized carbons (Fsp3) is 0.333. The van der Waals surface area contributed by atoms with Crippen molar-refractivity contribution in [3.05, 3.63) is 79.8 Å². The molecule has 0 saturated carbocycles. The largest absolute Gasteiger partial charge is 0.388 e. The highest BCUT2D eigenvalue weighted by atomic mass is 35.5. The van der Waals surface area contributed by atoms with Crippen LogP contribution in [0.5, 0.6) is 0 Å². The summed E-state index contributed by atoms with van der Waals surface area (Å²) in [5, 5.41) is 10.7. The van der Waals surface area contributed by atoms with Crippen LogP contribution in [0.15, 0.2) is 43.0 Å². The number of aliphatic hydroxyl groups is 1. The zero-order valence-electron chi connectivity index (χ0n) is 18.4. The summed E-state index contributed by atoms with van der Waals surface area (Å²) in [4.78, 5) is 27.8. The van der Waals surface area contributed by atoms with E-state index in [1.807, 2.05) is 30.3 Å². The third-order valence-corrected chi connectivity index (χ3v) is 8.02. The molecule has 2 aromatic rings. The summed E-state index contributed by atoms with van der Waals surface area (Å²) in [7, 11) is 0. The Kier molecular flexibility index (Phi) is 7.35. The summed E-state index contributed by atoms with van der Waals surface area (Å²) >= 11 is 24.8. The Balaban J connectivity index is 1.52. The maximum atomic E-state index is 13.5. The predicted molar refractivity (Wildman–Crippen MR) is 132 cm³/mol. The van der Waals surface area contributed by atoms with Gasteiger partial charge in [-0.2, -0.15) is 0 Å². The van der Waals surface area contributed by atoms with Crippen LogP contribution in [-0.2, 0) is 18.9 Å². The maximum Gasteiger partial charge on any atom is 0.263 e. The molecule has 0 unspecified atom stereocenters. The highest BCUT2D eigenvalue weighted by molar-refractivity contribution is 6.55. The molecule has 0 bridgehead atoms. The third kappa shape index (κ3) is 4.15. The number of ether oxygens (including phenoxy) is 4. The van der Waals surface area contributed by atoms with Gasteiger partial charge < -0.3 is 24.1 Å². The summed E-state index contributed by atoms with van der Waals surface area (Å²) in [5.74, 6) is -1.66. The molecule has 5 rings (SSSR count). The fourth-order valence-corrected chi connectivity index (χ4v) is 5.58. The third-order valence-electron chi connectivity index (χ3n) is 6.21. The van der Waals surface area contributed by atoms with Gasteiger partial charge in [0.25, 0.3) is 11.8 Å². The molecule has 1 N–H and O–H groups in total. The molecule has 0 aliphatic carbocycles. The molecule has 2 aromatic carbocycles. The second kappa shape index (κ2) is 10.2. The Hall–Kier alpha value is -1.72. The standard InChI is InChI=1S/C24H19Cl4NO7/c1-2-8-33-24-18(29-21(31)12-13(22(29)32)15(26)17(28)16(27)14(12)25)19(30)20-11(35-24)9-34-23(36-20)10-6-4-3-5-7-10/h2-7,11,18-20,23-24,30H,1,8-9H2/t11-,18-,19-,20-,23-,24-/m1/s1. The molecule has 0 spiro atoms. The number of fused-ring (bicyclic) bond motifs is 2. The summed E-state index contributed by atoms with van der Waals surface area (Å²) < 4.78 is 23.6. The van der Waals surface area contributed by atoms with Crippen LogP contribution in [0, 0.1) is 0 Å². The van der Waals surface area contributed by atoms with E-state index in [0.717, 1.165) is 10.5 Å². The van der Waals surface area contributed by atoms with Gasteiger partial charge in [-0.05, 0) is 0 Å². The fourth-order valence-electron chi connectivity index (χ4n) is 4.57. The summed E-state index contributed by atoms with van der Waals surface area (Å²) in [6.07, 6.45) is -3.67. The van der Waals surface area contributed by atoms with E-state index in [1.54, 1.807) is 0 Å². The molecule has 12 heteroatoms. The first-order chi connectivity index (χ1) is 17.3. The van der Waals surface area contributed by atoms with Gasteiger partial charge in [0.1, 0.15) is 24.4 Å². The lowest BCUT2D eigenvalue weighted by molar-refractivity contribution is -0.347. The van der Waals surface area contributed by atoms with Gasteiger partial charge in [0.05, 0.1) is 44.4 Å². The quantitative estimate of drug-likeness (QED) is 0.240. The van der Waals surface area contributed by atoms with E-state index in [4.69, 9.17) is 65.4 Å². The molecule has 0 radical (unpaired) electrons. The average molecular weight is 575 g/mol. The van der Waals surface area contributed by atoms with E-state index < -0.39 is 48.7 Å². The van der Waals surface area contributed by atoms with Crippen molar-refractivity contribution in [2.75, 3.05) is 13.2 Å². The minimum atomic E-state index is -1.42. The van der Waals surface area contributed by atoms with Gasteiger partial charge in [-0.15, -0.1) is 6.58 Å². The van der Waals surface area contributed by atoms with Gasteiger partial charge in [0, 0.05) is 5.56 Å². The number of carbonyl (C=O) groups is 2. The molecule has 8 nitrogen and oxygen atoms in total. The lowest BCUT2D eigenvalue weighted by Crippen LogP contribution is -2.67. The number of hydrogen-bond donors (Lipinski definition) is 1. The van der Waals surface area contributed by atoms with Crippen LogP contribution in [0.4, 0.5) is 0 Å². The van der Waals surface area contributed by atoms with Gasteiger partial charge in [0.15, 0.2) is 12.6 Å². The lowest BCUT2D eigenvalue weighted by atomic mass is 9.94. The van der Waals surface area contributed by atoms with Crippen molar-refractivity contribution in [3.8, 4) is 0 Å². The molecule has 2 fully saturated rings. The highest BCUT2D eigenvalue weighted by Crippen LogP contribution is 2.46. The smallest absolute Gasteiger partial charge is 0.263 e. The zero-order valence-corrected chi connectivity index (χ0v) is 21.4. The molecule has 6 atom stereocenters. The minimum Gasteiger partial charge on any atom is -0.388 e. The summed E-state index contributed by atoms with van der Waals surface area (Å²) in [6, 6.07) is 7.81. The van der Waals surface area contributed by atoms with E-state index in [-0.39, 0.29) is 44.4 Å². The van der Waals surface area contributed by atoms with Crippen molar-refractivity contribution in [2.45, 2.75) is 36.9 Å². The van der Waals surface area contributed by atoms with E-state index >= 15 is 0 Å². The topological polar surface area (TPSA) is 94.5 Å². The van der Waals surface area contributed by atoms with Crippen molar-refractivity contribution in [2.24, 2.45) is 0 Å². The molecule has 190 valence electrons. The van der Waals surface area contributed by atoms with Crippen LogP contribution in [0.2, 0.25) is 20.1 Å². The Morgan fingerprint density at radius 3 is 2.19 bits per heavy atom. The number of hydrogen-bond acceptors (Lipinski definition) is 7. The van der Waals surface area contributed by atoms with Crippen molar-refractivity contribution in [3.63, 3.8) is 0 Å². The van der Waals surface area contributed by atoms with Crippen LogP contribution in [0.1, 0.15) is 32.6 Å². The predicted octanol–water partition coefficient (Wildman–Crippen LogP) is 4.67. The number of amides is 2. The van der Waals surface area contributed by atoms with Crippen LogP contribution in [0.25, 0.3) is 0 Å². The van der Waals surface area contributed by atoms with Gasteiger partial charge >= 0.3 is 0 Å². The Labute approximate surface area is 226 Å². The van der Waals surface area contributed by atoms with Crippen LogP contribution in [-0.4, -0.2) is 65.7 Å². The molecule has 3 heterocycles. The minimum absolute atomic E-state index is 0.0158. The van der Waals surface area contributed by atoms with Gasteiger partial charge in [-0.25, -0.2) is 0 Å². The van der Waals surface area contributed by atoms with Gasteiger partial charge in [0.2, 0.25) is 0 Å². The molecule has 2 amide bonds. The molecule has 3 aliphatic rings. The number of carbonyl (C=O) groups excluding carboxylic acids is 2. The van der Waals surface area contributed by atoms with Gasteiger partial charge in [-0.1, -0.05) is 82.8 Å². The Bertz CT molecular complexity index is 1180. The van der Waals surface area contributed by atoms with Crippen LogP contribution >= 0.6 is 46.4 Å². The first-order valence-corrected chi connectivity index (χ1v) is 12.4. The average Bonchev–Trinajstić information content (AvgIpc) is 3.15. The zero-order chi connectivity index (χ0) is 25.7. The SMILES string of the molecule is C=CCO[C@@H]1O[C@@H]2CO[C@@H](c3ccccc3)O[C@H]2[C@H](O)[C@H]1N1C(=O)c2c(Cl)c(Cl)c(Cl)c(Cl)c2C1=O. The van der Waals surface area contributed by atoms with Crippen molar-refractivity contribution < 1.29 is 33.6 Å². The molecular formula is C24H19Cl4NO7. The monoisotopic (exact) mass is 573 g/mol. The number of aliphatic hydroxyl groups excluding tert-OH is 1. The van der Waals surface area contributed by atoms with E-state index in [1.165, 1.54) is 6.08 Å². The second-order valence-corrected chi connectivity index (χ2v) is 9.82. The van der Waals surface area contributed by atoms with Crippen molar-refractivity contribution >= 4 is 58.2 Å². The van der Waals surface area contributed by atoms with Crippen LogP contribution in [0.3, 0.4) is 0 Å². The molecule has 0 aromatic heterocycles. The number of imide groups is 1. The maximum absolute atomic E-state index is 13.5. The number of halogens is 4. The number of benzene rings is 2. The van der Waals surface area contributed by atoms with Crippen LogP contribution < -0.4 is 0 Å². The number of rotatable bonds is 5. The van der Waals surface area contributed by atoms with Crippen molar-refractivity contribution in [1.29, 1.82) is 0 Å².